The van der Waals surface area contributed by atoms with Gasteiger partial charge in [0.15, 0.2) is 0 Å². The average Bonchev–Trinajstić information content (AvgIpc) is 3.88. The van der Waals surface area contributed by atoms with Crippen LogP contribution in [0.15, 0.2) is 158 Å². The van der Waals surface area contributed by atoms with E-state index in [1.54, 1.807) is 0 Å². The first-order valence-electron chi connectivity index (χ1n) is 21.0. The summed E-state index contributed by atoms with van der Waals surface area (Å²) in [5.41, 5.74) is 16.1. The number of aromatic nitrogens is 2. The van der Waals surface area contributed by atoms with Gasteiger partial charge in [-0.2, -0.15) is 12.1 Å². The van der Waals surface area contributed by atoms with Crippen LogP contribution in [0.4, 0.5) is 22.7 Å². The van der Waals surface area contributed by atoms with Gasteiger partial charge < -0.3 is 19.1 Å². The summed E-state index contributed by atoms with van der Waals surface area (Å²) in [4.78, 5) is 9.49. The van der Waals surface area contributed by atoms with E-state index in [9.17, 15) is 0 Å². The molecular weight excluding hydrogens is 940 g/mol. The first kappa shape index (κ1) is 39.7. The molecule has 0 saturated heterocycles. The molecule has 11 rings (SSSR count). The van der Waals surface area contributed by atoms with Crippen molar-refractivity contribution in [3.8, 4) is 39.6 Å². The zero-order chi connectivity index (χ0) is 41.6. The molecule has 3 heterocycles. The van der Waals surface area contributed by atoms with Gasteiger partial charge in [-0.05, 0) is 81.4 Å². The molecule has 1 aliphatic heterocycles. The molecule has 2 aliphatic rings. The summed E-state index contributed by atoms with van der Waals surface area (Å²) in [7, 11) is 0. The van der Waals surface area contributed by atoms with Crippen LogP contribution in [0.3, 0.4) is 0 Å². The summed E-state index contributed by atoms with van der Waals surface area (Å²) in [6.45, 7) is 15.8. The Balaban J connectivity index is 0.00000458. The number of ether oxygens (including phenoxy) is 1. The number of rotatable bonds is 6. The molecule has 9 aromatic rings. The molecule has 0 spiro atoms. The standard InChI is InChI=1S/C56H45N4O.Pt/c1-36-23-28-49-51(31-36)59(54-42(37-15-8-7-9-16-37)26-27-47-53(54)45-20-10-12-21-46(45)56(47,5)6)35-58(49)39-17-14-18-40(33-39)61-41-24-25-44-43-19-11-13-22-48(43)60(50(44)34-41)52-32-38(29-30-57-52)55(2,3)4;/h7-32,35H,1-6H3;/q-3;. The third kappa shape index (κ3) is 6.36. The van der Waals surface area contributed by atoms with E-state index in [0.717, 1.165) is 44.7 Å². The van der Waals surface area contributed by atoms with Crippen LogP contribution in [0, 0.1) is 25.7 Å². The van der Waals surface area contributed by atoms with Crippen molar-refractivity contribution in [2.75, 3.05) is 9.80 Å². The molecule has 0 bridgehead atoms. The molecule has 0 unspecified atom stereocenters. The first-order chi connectivity index (χ1) is 29.5. The fourth-order valence-electron chi connectivity index (χ4n) is 9.45. The Hall–Kier alpha value is -6.42. The molecule has 5 nitrogen and oxygen atoms in total. The molecular formula is C56H45N4OPt-3. The number of hydrogen-bond acceptors (Lipinski definition) is 4. The fourth-order valence-corrected chi connectivity index (χ4v) is 9.45. The van der Waals surface area contributed by atoms with Gasteiger partial charge >= 0.3 is 0 Å². The van der Waals surface area contributed by atoms with Crippen LogP contribution in [-0.4, -0.2) is 9.55 Å². The van der Waals surface area contributed by atoms with E-state index >= 15 is 0 Å². The Kier molecular flexibility index (Phi) is 9.53. The summed E-state index contributed by atoms with van der Waals surface area (Å²) in [5.74, 6) is 2.06. The summed E-state index contributed by atoms with van der Waals surface area (Å²) < 4.78 is 8.87. The van der Waals surface area contributed by atoms with Crippen LogP contribution in [0.1, 0.15) is 56.9 Å². The van der Waals surface area contributed by atoms with Gasteiger partial charge in [0.05, 0.1) is 0 Å². The molecule has 62 heavy (non-hydrogen) atoms. The number of pyridine rings is 1. The summed E-state index contributed by atoms with van der Waals surface area (Å²) >= 11 is 0. The van der Waals surface area contributed by atoms with Gasteiger partial charge in [-0.15, -0.1) is 48.1 Å². The van der Waals surface area contributed by atoms with Crippen molar-refractivity contribution >= 4 is 44.6 Å². The molecule has 0 saturated carbocycles. The van der Waals surface area contributed by atoms with E-state index in [1.165, 1.54) is 50.2 Å². The van der Waals surface area contributed by atoms with Gasteiger partial charge in [0, 0.05) is 77.9 Å². The van der Waals surface area contributed by atoms with Crippen molar-refractivity contribution < 1.29 is 25.8 Å². The zero-order valence-corrected chi connectivity index (χ0v) is 37.9. The quantitative estimate of drug-likeness (QED) is 0.156. The van der Waals surface area contributed by atoms with E-state index in [1.807, 2.05) is 24.4 Å². The van der Waals surface area contributed by atoms with Crippen molar-refractivity contribution in [2.24, 2.45) is 0 Å². The van der Waals surface area contributed by atoms with Gasteiger partial charge in [-0.1, -0.05) is 131 Å². The molecule has 1 aliphatic carbocycles. The Labute approximate surface area is 378 Å². The number of anilines is 4. The van der Waals surface area contributed by atoms with Crippen LogP contribution >= 0.6 is 0 Å². The Bertz CT molecular complexity index is 3200. The van der Waals surface area contributed by atoms with Crippen LogP contribution < -0.4 is 14.5 Å². The molecule has 7 aromatic carbocycles. The Morgan fingerprint density at radius 1 is 0.645 bits per heavy atom. The van der Waals surface area contributed by atoms with E-state index in [-0.39, 0.29) is 31.9 Å². The topological polar surface area (TPSA) is 33.5 Å². The maximum Gasteiger partial charge on any atom is 0.135 e. The van der Waals surface area contributed by atoms with Crippen molar-refractivity contribution in [1.29, 1.82) is 0 Å². The van der Waals surface area contributed by atoms with E-state index < -0.39 is 0 Å². The van der Waals surface area contributed by atoms with Crippen molar-refractivity contribution in [3.63, 3.8) is 0 Å². The zero-order valence-electron chi connectivity index (χ0n) is 35.6. The van der Waals surface area contributed by atoms with Crippen LogP contribution in [0.2, 0.25) is 0 Å². The van der Waals surface area contributed by atoms with Crippen molar-refractivity contribution in [3.05, 3.63) is 199 Å². The number of benzene rings is 7. The smallest absolute Gasteiger partial charge is 0.135 e. The molecule has 308 valence electrons. The first-order valence-corrected chi connectivity index (χ1v) is 21.0. The summed E-state index contributed by atoms with van der Waals surface area (Å²) in [5, 5.41) is 2.24. The fraction of sp³-hybridized carbons (Fsp3) is 0.143. The van der Waals surface area contributed by atoms with Gasteiger partial charge in [0.25, 0.3) is 0 Å². The van der Waals surface area contributed by atoms with E-state index in [0.29, 0.717) is 11.5 Å². The summed E-state index contributed by atoms with van der Waals surface area (Å²) in [6.07, 6.45) is 1.90. The predicted octanol–water partition coefficient (Wildman–Crippen LogP) is 14.6. The van der Waals surface area contributed by atoms with Crippen molar-refractivity contribution in [1.82, 2.24) is 9.55 Å². The van der Waals surface area contributed by atoms with Gasteiger partial charge in [0.2, 0.25) is 0 Å². The van der Waals surface area contributed by atoms with E-state index in [4.69, 9.17) is 9.72 Å². The minimum absolute atomic E-state index is 0. The van der Waals surface area contributed by atoms with Gasteiger partial charge in [-0.25, -0.2) is 4.98 Å². The number of fused-ring (bicyclic) bond motifs is 7. The monoisotopic (exact) mass is 984 g/mol. The van der Waals surface area contributed by atoms with Crippen LogP contribution in [0.25, 0.3) is 49.9 Å². The average molecular weight is 985 g/mol. The van der Waals surface area contributed by atoms with E-state index in [2.05, 4.69) is 208 Å². The maximum atomic E-state index is 6.67. The van der Waals surface area contributed by atoms with Gasteiger partial charge in [-0.3, -0.25) is 0 Å². The summed E-state index contributed by atoms with van der Waals surface area (Å²) in [6, 6.07) is 61.3. The molecule has 0 N–H and O–H groups in total. The number of hydrogen-bond donors (Lipinski definition) is 0. The number of para-hydroxylation sites is 1. The number of aryl methyl sites for hydroxylation is 1. The van der Waals surface area contributed by atoms with Crippen LogP contribution in [0.5, 0.6) is 11.5 Å². The predicted molar refractivity (Wildman–Crippen MR) is 251 cm³/mol. The molecule has 2 aromatic heterocycles. The third-order valence-electron chi connectivity index (χ3n) is 12.6. The maximum absolute atomic E-state index is 6.67. The molecule has 6 heteroatoms. The second-order valence-corrected chi connectivity index (χ2v) is 17.9. The largest absolute Gasteiger partial charge is 0.509 e. The Morgan fingerprint density at radius 2 is 1.42 bits per heavy atom. The molecule has 0 atom stereocenters. The molecule has 0 fully saturated rings. The third-order valence-corrected chi connectivity index (χ3v) is 12.6. The Morgan fingerprint density at radius 3 is 2.26 bits per heavy atom. The second-order valence-electron chi connectivity index (χ2n) is 17.9. The van der Waals surface area contributed by atoms with Gasteiger partial charge in [0.1, 0.15) is 5.82 Å². The van der Waals surface area contributed by atoms with Crippen LogP contribution in [-0.2, 0) is 31.9 Å². The normalized spacial score (nSPS) is 13.8. The SMILES string of the molecule is Cc1ccc2c(c1)N(c1c(-c3ccccc3)ccc3c1-c1ccccc1C3(C)C)[CH-]N2c1[c-]c(Oc2[c-]c3c(cc2)c2ccccc2n3-c2cc(C(C)(C)C)ccn2)ccc1.[Pt]. The minimum atomic E-state index is -0.147. The van der Waals surface area contributed by atoms with Crippen molar-refractivity contribution in [2.45, 2.75) is 52.4 Å². The molecule has 0 amide bonds. The second kappa shape index (κ2) is 14.9. The number of nitrogens with zero attached hydrogens (tertiary/aromatic N) is 4. The minimum Gasteiger partial charge on any atom is -0.509 e. The molecule has 0 radical (unpaired) electrons.